The third-order valence-electron chi connectivity index (χ3n) is 1.56. The zero-order valence-corrected chi connectivity index (χ0v) is 9.85. The second-order valence-corrected chi connectivity index (χ2v) is 2.28. The van der Waals surface area contributed by atoms with E-state index in [1.807, 2.05) is 0 Å². The third kappa shape index (κ3) is 3.45. The van der Waals surface area contributed by atoms with Crippen molar-refractivity contribution in [3.8, 4) is 11.5 Å². The highest BCUT2D eigenvalue weighted by Crippen LogP contribution is 2.25. The number of aromatic nitrogens is 1. The van der Waals surface area contributed by atoms with Crippen LogP contribution in [0.5, 0.6) is 11.5 Å². The van der Waals surface area contributed by atoms with E-state index in [-0.39, 0.29) is 30.4 Å². The van der Waals surface area contributed by atoms with Crippen molar-refractivity contribution in [2.24, 2.45) is 5.73 Å². The fourth-order valence-corrected chi connectivity index (χ4v) is 0.976. The van der Waals surface area contributed by atoms with Gasteiger partial charge in [-0.15, -0.1) is 24.8 Å². The molecule has 0 saturated carbocycles. The van der Waals surface area contributed by atoms with Gasteiger partial charge in [-0.25, -0.2) is 0 Å². The molecule has 0 aliphatic rings. The average Bonchev–Trinajstić information content (AvgIpc) is 2.16. The number of primary amides is 1. The molecule has 0 unspecified atom stereocenters. The molecule has 0 atom stereocenters. The smallest absolute Gasteiger partial charge is 0.256 e. The van der Waals surface area contributed by atoms with Crippen LogP contribution in [0.1, 0.15) is 10.4 Å². The summed E-state index contributed by atoms with van der Waals surface area (Å²) < 4.78 is 9.81. The Morgan fingerprint density at radius 1 is 1.20 bits per heavy atom. The van der Waals surface area contributed by atoms with Crippen molar-refractivity contribution >= 4 is 30.7 Å². The second kappa shape index (κ2) is 7.14. The van der Waals surface area contributed by atoms with Crippen LogP contribution in [0.25, 0.3) is 0 Å². The number of halogens is 2. The topological polar surface area (TPSA) is 74.4 Å². The lowest BCUT2D eigenvalue weighted by atomic mass is 10.2. The molecule has 1 rings (SSSR count). The summed E-state index contributed by atoms with van der Waals surface area (Å²) in [5.74, 6) is 0.0230. The highest BCUT2D eigenvalue weighted by molar-refractivity contribution is 5.98. The lowest BCUT2D eigenvalue weighted by Crippen LogP contribution is -2.14. The van der Waals surface area contributed by atoms with Crippen LogP contribution >= 0.6 is 24.8 Å². The van der Waals surface area contributed by atoms with Crippen LogP contribution < -0.4 is 15.2 Å². The molecule has 0 aliphatic heterocycles. The molecule has 0 saturated heterocycles. The summed E-state index contributed by atoms with van der Waals surface area (Å²) in [5, 5.41) is 0. The Labute approximate surface area is 99.8 Å². The molecule has 0 radical (unpaired) electrons. The lowest BCUT2D eigenvalue weighted by molar-refractivity contribution is 0.0994. The number of hydrogen-bond acceptors (Lipinski definition) is 4. The van der Waals surface area contributed by atoms with E-state index in [9.17, 15) is 4.79 Å². The van der Waals surface area contributed by atoms with Gasteiger partial charge >= 0.3 is 0 Å². The molecule has 86 valence electrons. The van der Waals surface area contributed by atoms with Crippen molar-refractivity contribution in [2.75, 3.05) is 14.2 Å². The molecule has 1 heterocycles. The summed E-state index contributed by atoms with van der Waals surface area (Å²) in [4.78, 5) is 14.8. The largest absolute Gasteiger partial charge is 0.494 e. The van der Waals surface area contributed by atoms with Crippen LogP contribution in [0.15, 0.2) is 12.4 Å². The van der Waals surface area contributed by atoms with Crippen LogP contribution in [0.2, 0.25) is 0 Å². The van der Waals surface area contributed by atoms with Crippen LogP contribution in [0.3, 0.4) is 0 Å². The first-order valence-corrected chi connectivity index (χ1v) is 3.56. The summed E-state index contributed by atoms with van der Waals surface area (Å²) in [7, 11) is 2.87. The predicted molar refractivity (Wildman–Crippen MR) is 60.4 cm³/mol. The summed E-state index contributed by atoms with van der Waals surface area (Å²) in [6, 6.07) is 0. The van der Waals surface area contributed by atoms with Gasteiger partial charge in [0.1, 0.15) is 5.56 Å². The number of nitrogens with two attached hydrogens (primary N) is 1. The van der Waals surface area contributed by atoms with Crippen LogP contribution in [0, 0.1) is 0 Å². The Morgan fingerprint density at radius 3 is 1.87 bits per heavy atom. The standard InChI is InChI=1S/C8H10N2O3.2ClH/c1-12-5-3-10-4-6(13-2)7(5)8(9)11;;/h3-4H,1-2H3,(H2,9,11);2*1H. The van der Waals surface area contributed by atoms with Gasteiger partial charge in [0.05, 0.1) is 26.6 Å². The van der Waals surface area contributed by atoms with E-state index in [1.54, 1.807) is 0 Å². The molecule has 2 N–H and O–H groups in total. The first-order chi connectivity index (χ1) is 6.20. The lowest BCUT2D eigenvalue weighted by Gasteiger charge is -2.08. The fraction of sp³-hybridized carbons (Fsp3) is 0.250. The van der Waals surface area contributed by atoms with Crippen LogP contribution in [0.4, 0.5) is 0 Å². The summed E-state index contributed by atoms with van der Waals surface area (Å²) >= 11 is 0. The molecule has 1 aromatic rings. The normalized spacial score (nSPS) is 8.13. The molecular weight excluding hydrogens is 243 g/mol. The minimum Gasteiger partial charge on any atom is -0.494 e. The molecule has 0 bridgehead atoms. The third-order valence-corrected chi connectivity index (χ3v) is 1.56. The number of hydrogen-bond donors (Lipinski definition) is 1. The number of nitrogens with zero attached hydrogens (tertiary/aromatic N) is 1. The van der Waals surface area contributed by atoms with E-state index in [2.05, 4.69) is 4.98 Å². The van der Waals surface area contributed by atoms with Gasteiger partial charge in [0.25, 0.3) is 5.91 Å². The first-order valence-electron chi connectivity index (χ1n) is 3.56. The average molecular weight is 255 g/mol. The molecular formula is C8H12Cl2N2O3. The highest BCUT2D eigenvalue weighted by atomic mass is 35.5. The van der Waals surface area contributed by atoms with Gasteiger partial charge < -0.3 is 15.2 Å². The van der Waals surface area contributed by atoms with E-state index in [0.29, 0.717) is 11.5 Å². The van der Waals surface area contributed by atoms with Gasteiger partial charge in [-0.05, 0) is 0 Å². The van der Waals surface area contributed by atoms with Gasteiger partial charge in [0.2, 0.25) is 0 Å². The quantitative estimate of drug-likeness (QED) is 0.875. The number of amides is 1. The molecule has 0 fully saturated rings. The Kier molecular flexibility index (Phi) is 7.73. The zero-order chi connectivity index (χ0) is 9.84. The van der Waals surface area contributed by atoms with Gasteiger partial charge in [0, 0.05) is 0 Å². The van der Waals surface area contributed by atoms with Gasteiger partial charge in [-0.2, -0.15) is 0 Å². The first kappa shape index (κ1) is 16.2. The Hall–Kier alpha value is -1.20. The minimum absolute atomic E-state index is 0. The maximum Gasteiger partial charge on any atom is 0.256 e. The molecule has 1 amide bonds. The number of pyridine rings is 1. The molecule has 7 heteroatoms. The number of carbonyl (C=O) groups excluding carboxylic acids is 1. The predicted octanol–water partition coefficient (Wildman–Crippen LogP) is 1.04. The maximum absolute atomic E-state index is 11.0. The second-order valence-electron chi connectivity index (χ2n) is 2.28. The van der Waals surface area contributed by atoms with Crippen molar-refractivity contribution in [2.45, 2.75) is 0 Å². The summed E-state index contributed by atoms with van der Waals surface area (Å²) in [6.07, 6.45) is 2.81. The van der Waals surface area contributed by atoms with Crippen LogP contribution in [-0.4, -0.2) is 25.1 Å². The van der Waals surface area contributed by atoms with E-state index in [1.165, 1.54) is 26.6 Å². The van der Waals surface area contributed by atoms with E-state index in [4.69, 9.17) is 15.2 Å². The van der Waals surface area contributed by atoms with Crippen molar-refractivity contribution in [3.63, 3.8) is 0 Å². The number of ether oxygens (including phenoxy) is 2. The minimum atomic E-state index is -0.601. The van der Waals surface area contributed by atoms with E-state index >= 15 is 0 Å². The van der Waals surface area contributed by atoms with Crippen LogP contribution in [-0.2, 0) is 0 Å². The van der Waals surface area contributed by atoms with Crippen molar-refractivity contribution in [3.05, 3.63) is 18.0 Å². The van der Waals surface area contributed by atoms with Crippen molar-refractivity contribution in [1.82, 2.24) is 4.98 Å². The van der Waals surface area contributed by atoms with Crippen molar-refractivity contribution in [1.29, 1.82) is 0 Å². The Morgan fingerprint density at radius 2 is 1.60 bits per heavy atom. The molecule has 0 spiro atoms. The monoisotopic (exact) mass is 254 g/mol. The fourth-order valence-electron chi connectivity index (χ4n) is 0.976. The number of rotatable bonds is 3. The Bertz CT molecular complexity index is 311. The van der Waals surface area contributed by atoms with E-state index in [0.717, 1.165) is 0 Å². The van der Waals surface area contributed by atoms with Gasteiger partial charge in [0.15, 0.2) is 11.5 Å². The van der Waals surface area contributed by atoms with E-state index < -0.39 is 5.91 Å². The molecule has 0 aliphatic carbocycles. The summed E-state index contributed by atoms with van der Waals surface area (Å²) in [6.45, 7) is 0. The molecule has 1 aromatic heterocycles. The SMILES string of the molecule is COc1cncc(OC)c1C(N)=O.Cl.Cl. The molecule has 15 heavy (non-hydrogen) atoms. The number of carbonyl (C=O) groups is 1. The van der Waals surface area contributed by atoms with Gasteiger partial charge in [-0.1, -0.05) is 0 Å². The summed E-state index contributed by atoms with van der Waals surface area (Å²) in [5.41, 5.74) is 5.35. The Balaban J connectivity index is 0. The molecule has 5 nitrogen and oxygen atoms in total. The maximum atomic E-state index is 11.0. The highest BCUT2D eigenvalue weighted by Gasteiger charge is 2.15. The molecule has 0 aromatic carbocycles. The van der Waals surface area contributed by atoms with Crippen molar-refractivity contribution < 1.29 is 14.3 Å². The number of methoxy groups -OCH3 is 2. The van der Waals surface area contributed by atoms with Gasteiger partial charge in [-0.3, -0.25) is 9.78 Å². The zero-order valence-electron chi connectivity index (χ0n) is 8.22.